The second-order valence-electron chi connectivity index (χ2n) is 7.78. The molecule has 2 aromatic carbocycles. The molecule has 1 heterocycles. The third-order valence-electron chi connectivity index (χ3n) is 5.21. The predicted octanol–water partition coefficient (Wildman–Crippen LogP) is 3.76. The Bertz CT molecular complexity index is 1030. The Morgan fingerprint density at radius 2 is 1.85 bits per heavy atom. The van der Waals surface area contributed by atoms with Crippen LogP contribution in [0.1, 0.15) is 42.9 Å². The number of ether oxygens (including phenoxy) is 3. The van der Waals surface area contributed by atoms with Crippen molar-refractivity contribution in [2.24, 2.45) is 0 Å². The Balaban J connectivity index is 1.62. The van der Waals surface area contributed by atoms with Gasteiger partial charge in [-0.05, 0) is 48.2 Å². The Hall–Kier alpha value is -3.33. The highest BCUT2D eigenvalue weighted by molar-refractivity contribution is 8.15. The lowest BCUT2D eigenvalue weighted by atomic mass is 10.1. The summed E-state index contributed by atoms with van der Waals surface area (Å²) in [6.07, 6.45) is -0.171. The Kier molecular flexibility index (Phi) is 9.09. The lowest BCUT2D eigenvalue weighted by molar-refractivity contribution is -0.151. The van der Waals surface area contributed by atoms with Gasteiger partial charge in [-0.15, -0.1) is 0 Å². The van der Waals surface area contributed by atoms with Gasteiger partial charge in [0.2, 0.25) is 0 Å². The molecule has 0 amide bonds. The van der Waals surface area contributed by atoms with E-state index in [2.05, 4.69) is 0 Å². The number of methoxy groups -OCH3 is 1. The van der Waals surface area contributed by atoms with E-state index in [0.717, 1.165) is 17.3 Å². The van der Waals surface area contributed by atoms with E-state index in [4.69, 9.17) is 19.3 Å². The van der Waals surface area contributed by atoms with Gasteiger partial charge >= 0.3 is 11.9 Å². The van der Waals surface area contributed by atoms with Crippen molar-refractivity contribution >= 4 is 34.6 Å². The van der Waals surface area contributed by atoms with Crippen LogP contribution in [-0.4, -0.2) is 46.9 Å². The fraction of sp³-hybridized carbons (Fsp3) is 0.360. The number of Topliss-reactive ketones (excluding diaryl/α,β-unsaturated/α-hetero) is 1. The summed E-state index contributed by atoms with van der Waals surface area (Å²) in [4.78, 5) is 46.3. The third kappa shape index (κ3) is 7.62. The predicted molar refractivity (Wildman–Crippen MR) is 125 cm³/mol. The minimum absolute atomic E-state index is 0.00276. The van der Waals surface area contributed by atoms with Crippen molar-refractivity contribution in [1.29, 1.82) is 0 Å². The molecule has 0 bridgehead atoms. The molecule has 1 N–H and O–H groups in total. The van der Waals surface area contributed by atoms with Crippen molar-refractivity contribution in [3.05, 3.63) is 59.7 Å². The van der Waals surface area contributed by atoms with Crippen molar-refractivity contribution in [2.75, 3.05) is 13.7 Å². The van der Waals surface area contributed by atoms with Crippen LogP contribution in [0.2, 0.25) is 0 Å². The molecule has 0 spiro atoms. The number of carboxylic acid groups (broad SMARTS) is 1. The van der Waals surface area contributed by atoms with Crippen LogP contribution in [0.15, 0.2) is 48.5 Å². The van der Waals surface area contributed by atoms with E-state index in [1.807, 2.05) is 12.1 Å². The van der Waals surface area contributed by atoms with Gasteiger partial charge in [-0.3, -0.25) is 19.2 Å². The van der Waals surface area contributed by atoms with Crippen LogP contribution in [0.5, 0.6) is 11.5 Å². The van der Waals surface area contributed by atoms with E-state index >= 15 is 0 Å². The zero-order valence-electron chi connectivity index (χ0n) is 18.7. The number of carboxylic acids is 1. The molecule has 0 aromatic heterocycles. The molecule has 9 heteroatoms. The highest BCUT2D eigenvalue weighted by Crippen LogP contribution is 2.29. The molecule has 180 valence electrons. The molecule has 0 saturated carbocycles. The topological polar surface area (TPSA) is 116 Å². The summed E-state index contributed by atoms with van der Waals surface area (Å²) in [5, 5.41) is 8.34. The summed E-state index contributed by atoms with van der Waals surface area (Å²) in [5.41, 5.74) is 1.60. The molecular formula is C25H26O8S. The van der Waals surface area contributed by atoms with Gasteiger partial charge in [-0.25, -0.2) is 0 Å². The number of rotatable bonds is 12. The van der Waals surface area contributed by atoms with Crippen LogP contribution in [-0.2, 0) is 30.3 Å². The summed E-state index contributed by atoms with van der Waals surface area (Å²) in [6.45, 7) is 0.0443. The number of ketones is 1. The molecule has 1 unspecified atom stereocenters. The molecule has 3 rings (SSSR count). The number of thioether (sulfide) groups is 1. The van der Waals surface area contributed by atoms with Gasteiger partial charge in [0.05, 0.1) is 18.8 Å². The van der Waals surface area contributed by atoms with E-state index in [1.54, 1.807) is 36.4 Å². The number of esters is 1. The summed E-state index contributed by atoms with van der Waals surface area (Å²) in [6, 6.07) is 14.3. The number of benzene rings is 2. The first-order chi connectivity index (χ1) is 16.3. The minimum Gasteiger partial charge on any atom is -0.497 e. The summed E-state index contributed by atoms with van der Waals surface area (Å²) >= 11 is 1.09. The zero-order chi connectivity index (χ0) is 24.5. The second-order valence-corrected chi connectivity index (χ2v) is 9.04. The van der Waals surface area contributed by atoms with E-state index in [9.17, 15) is 19.2 Å². The van der Waals surface area contributed by atoms with Crippen LogP contribution < -0.4 is 9.47 Å². The maximum absolute atomic E-state index is 12.3. The molecule has 2 aromatic rings. The highest BCUT2D eigenvalue weighted by Gasteiger charge is 2.31. The first kappa shape index (κ1) is 25.3. The van der Waals surface area contributed by atoms with E-state index in [0.29, 0.717) is 23.5 Å². The largest absolute Gasteiger partial charge is 0.497 e. The molecule has 8 nitrogen and oxygen atoms in total. The van der Waals surface area contributed by atoms with Gasteiger partial charge in [-0.2, -0.15) is 0 Å². The minimum atomic E-state index is -0.966. The molecule has 0 radical (unpaired) electrons. The first-order valence-corrected chi connectivity index (χ1v) is 11.7. The van der Waals surface area contributed by atoms with E-state index in [-0.39, 0.29) is 48.4 Å². The number of aliphatic carboxylic acids is 1. The van der Waals surface area contributed by atoms with Crippen LogP contribution in [0.4, 0.5) is 0 Å². The Labute approximate surface area is 201 Å². The average Bonchev–Trinajstić information content (AvgIpc) is 3.13. The molecule has 1 saturated heterocycles. The van der Waals surface area contributed by atoms with Gasteiger partial charge in [0, 0.05) is 12.8 Å². The molecule has 1 fully saturated rings. The molecular weight excluding hydrogens is 460 g/mol. The Morgan fingerprint density at radius 1 is 1.09 bits per heavy atom. The maximum Gasteiger partial charge on any atom is 0.306 e. The second kappa shape index (κ2) is 12.2. The molecule has 34 heavy (non-hydrogen) atoms. The van der Waals surface area contributed by atoms with Gasteiger partial charge in [0.25, 0.3) is 0 Å². The van der Waals surface area contributed by atoms with Crippen LogP contribution in [0.3, 0.4) is 0 Å². The number of carbonyl (C=O) groups excluding carboxylic acids is 3. The normalized spacial score (nSPS) is 16.2. The smallest absolute Gasteiger partial charge is 0.306 e. The van der Waals surface area contributed by atoms with Crippen molar-refractivity contribution in [1.82, 2.24) is 0 Å². The lowest BCUT2D eigenvalue weighted by Gasteiger charge is -2.20. The molecule has 1 aliphatic heterocycles. The van der Waals surface area contributed by atoms with Crippen molar-refractivity contribution in [2.45, 2.75) is 43.5 Å². The lowest BCUT2D eigenvalue weighted by Crippen LogP contribution is -2.18. The van der Waals surface area contributed by atoms with Crippen molar-refractivity contribution in [3.8, 4) is 11.5 Å². The summed E-state index contributed by atoms with van der Waals surface area (Å²) < 4.78 is 16.7. The Morgan fingerprint density at radius 3 is 2.50 bits per heavy atom. The molecule has 1 aliphatic rings. The van der Waals surface area contributed by atoms with Crippen molar-refractivity contribution < 1.29 is 38.5 Å². The SMILES string of the molecule is COc1cccc([C@@H](COc2ccc(CC3SC(=O)CC3=O)cc2)OC(=O)CCCC(=O)O)c1. The molecule has 2 atom stereocenters. The zero-order valence-corrected chi connectivity index (χ0v) is 19.5. The fourth-order valence-electron chi connectivity index (χ4n) is 3.43. The monoisotopic (exact) mass is 486 g/mol. The van der Waals surface area contributed by atoms with E-state index in [1.165, 1.54) is 7.11 Å². The average molecular weight is 487 g/mol. The maximum atomic E-state index is 12.3. The number of hydrogen-bond acceptors (Lipinski definition) is 8. The summed E-state index contributed by atoms with van der Waals surface area (Å²) in [5.74, 6) is -0.360. The van der Waals surface area contributed by atoms with Gasteiger partial charge in [-0.1, -0.05) is 36.0 Å². The van der Waals surface area contributed by atoms with Gasteiger partial charge in [0.1, 0.15) is 18.1 Å². The van der Waals surface area contributed by atoms with E-state index < -0.39 is 18.0 Å². The fourth-order valence-corrected chi connectivity index (χ4v) is 4.46. The van der Waals surface area contributed by atoms with Crippen LogP contribution in [0.25, 0.3) is 0 Å². The standard InChI is InChI=1S/C25H26O8S/c1-31-19-5-2-4-17(13-19)21(33-24(29)7-3-6-23(27)28)15-32-18-10-8-16(9-11-18)12-22-20(26)14-25(30)34-22/h2,4-5,8-11,13,21-22H,3,6-7,12,14-15H2,1H3,(H,27,28)/t21-,22?/m1/s1. The quantitative estimate of drug-likeness (QED) is 0.353. The number of carbonyl (C=O) groups is 4. The van der Waals surface area contributed by atoms with Crippen molar-refractivity contribution in [3.63, 3.8) is 0 Å². The van der Waals surface area contributed by atoms with Gasteiger partial charge in [0.15, 0.2) is 17.0 Å². The highest BCUT2D eigenvalue weighted by atomic mass is 32.2. The molecule has 0 aliphatic carbocycles. The van der Waals surface area contributed by atoms with Crippen LogP contribution >= 0.6 is 11.8 Å². The third-order valence-corrected chi connectivity index (χ3v) is 6.33. The first-order valence-electron chi connectivity index (χ1n) is 10.8. The summed E-state index contributed by atoms with van der Waals surface area (Å²) in [7, 11) is 1.54. The number of hydrogen-bond donors (Lipinski definition) is 1. The van der Waals surface area contributed by atoms with Crippen LogP contribution in [0, 0.1) is 0 Å². The van der Waals surface area contributed by atoms with Gasteiger partial charge < -0.3 is 19.3 Å².